The van der Waals surface area contributed by atoms with E-state index in [1.807, 2.05) is 6.92 Å². The zero-order chi connectivity index (χ0) is 9.90. The van der Waals surface area contributed by atoms with Crippen LogP contribution in [-0.2, 0) is 14.6 Å². The molecule has 0 aliphatic carbocycles. The van der Waals surface area contributed by atoms with Gasteiger partial charge >= 0.3 is 0 Å². The maximum atomic E-state index is 11.5. The molecule has 5 heteroatoms. The van der Waals surface area contributed by atoms with Crippen LogP contribution < -0.4 is 5.32 Å². The van der Waals surface area contributed by atoms with Gasteiger partial charge in [0.2, 0.25) is 0 Å². The third-order valence-electron chi connectivity index (χ3n) is 2.12. The van der Waals surface area contributed by atoms with E-state index in [-0.39, 0.29) is 17.7 Å². The minimum absolute atomic E-state index is 0.0417. The highest BCUT2D eigenvalue weighted by molar-refractivity contribution is 7.91. The molecule has 0 aromatic heterocycles. The van der Waals surface area contributed by atoms with E-state index in [0.29, 0.717) is 12.4 Å². The molecule has 1 rings (SSSR count). The second kappa shape index (κ2) is 4.39. The number of hydrogen-bond donors (Lipinski definition) is 1. The van der Waals surface area contributed by atoms with Gasteiger partial charge in [-0.1, -0.05) is 6.92 Å². The molecule has 1 saturated heterocycles. The standard InChI is InChI=1S/C8H17NO3S/c1-7-3-9-8(4-12-2)6-13(10,11)5-7/h7-9H,3-6H2,1-2H3. The maximum absolute atomic E-state index is 11.5. The maximum Gasteiger partial charge on any atom is 0.152 e. The highest BCUT2D eigenvalue weighted by Crippen LogP contribution is 2.08. The largest absolute Gasteiger partial charge is 0.383 e. The first-order valence-corrected chi connectivity index (χ1v) is 6.28. The van der Waals surface area contributed by atoms with Crippen molar-refractivity contribution in [1.29, 1.82) is 0 Å². The van der Waals surface area contributed by atoms with Gasteiger partial charge in [-0.05, 0) is 12.5 Å². The molecule has 0 aromatic carbocycles. The molecule has 2 unspecified atom stereocenters. The van der Waals surface area contributed by atoms with E-state index in [9.17, 15) is 8.42 Å². The molecule has 2 atom stereocenters. The highest BCUT2D eigenvalue weighted by atomic mass is 32.2. The van der Waals surface area contributed by atoms with E-state index in [4.69, 9.17) is 4.74 Å². The molecular formula is C8H17NO3S. The van der Waals surface area contributed by atoms with Gasteiger partial charge in [0.1, 0.15) is 0 Å². The predicted octanol–water partition coefficient (Wildman–Crippen LogP) is -0.344. The SMILES string of the molecule is COCC1CS(=O)(=O)CC(C)CN1. The van der Waals surface area contributed by atoms with E-state index >= 15 is 0 Å². The summed E-state index contributed by atoms with van der Waals surface area (Å²) in [7, 11) is -1.30. The number of methoxy groups -OCH3 is 1. The quantitative estimate of drug-likeness (QED) is 0.673. The Kier molecular flexibility index (Phi) is 3.70. The fourth-order valence-corrected chi connectivity index (χ4v) is 3.55. The summed E-state index contributed by atoms with van der Waals surface area (Å²) >= 11 is 0. The third kappa shape index (κ3) is 3.62. The van der Waals surface area contributed by atoms with Crippen LogP contribution in [0.15, 0.2) is 0 Å². The van der Waals surface area contributed by atoms with Crippen LogP contribution in [0.3, 0.4) is 0 Å². The lowest BCUT2D eigenvalue weighted by atomic mass is 10.2. The molecule has 78 valence electrons. The summed E-state index contributed by atoms with van der Waals surface area (Å²) in [6, 6.07) is -0.0417. The van der Waals surface area contributed by atoms with Crippen LogP contribution in [0, 0.1) is 5.92 Å². The Morgan fingerprint density at radius 1 is 1.46 bits per heavy atom. The smallest absolute Gasteiger partial charge is 0.152 e. The first-order chi connectivity index (χ1) is 6.03. The first-order valence-electron chi connectivity index (χ1n) is 4.46. The Labute approximate surface area is 79.6 Å². The van der Waals surface area contributed by atoms with Gasteiger partial charge in [-0.15, -0.1) is 0 Å². The minimum atomic E-state index is -2.88. The Hall–Kier alpha value is -0.130. The van der Waals surface area contributed by atoms with Crippen molar-refractivity contribution in [2.24, 2.45) is 5.92 Å². The van der Waals surface area contributed by atoms with Gasteiger partial charge in [0.15, 0.2) is 9.84 Å². The lowest BCUT2D eigenvalue weighted by Crippen LogP contribution is -2.37. The summed E-state index contributed by atoms with van der Waals surface area (Å²) in [6.07, 6.45) is 0. The zero-order valence-corrected chi connectivity index (χ0v) is 8.93. The van der Waals surface area contributed by atoms with E-state index in [2.05, 4.69) is 5.32 Å². The molecule has 1 aliphatic rings. The normalized spacial score (nSPS) is 34.0. The van der Waals surface area contributed by atoms with Crippen molar-refractivity contribution in [3.05, 3.63) is 0 Å². The van der Waals surface area contributed by atoms with Crippen LogP contribution in [0.4, 0.5) is 0 Å². The molecule has 1 fully saturated rings. The number of ether oxygens (including phenoxy) is 1. The van der Waals surface area contributed by atoms with Gasteiger partial charge in [-0.25, -0.2) is 8.42 Å². The van der Waals surface area contributed by atoms with Crippen LogP contribution in [0.25, 0.3) is 0 Å². The van der Waals surface area contributed by atoms with Gasteiger partial charge < -0.3 is 10.1 Å². The molecule has 0 spiro atoms. The van der Waals surface area contributed by atoms with Crippen LogP contribution in [0.5, 0.6) is 0 Å². The van der Waals surface area contributed by atoms with Gasteiger partial charge in [0.25, 0.3) is 0 Å². The van der Waals surface area contributed by atoms with Crippen LogP contribution in [0.2, 0.25) is 0 Å². The van der Waals surface area contributed by atoms with Crippen molar-refractivity contribution in [2.75, 3.05) is 31.8 Å². The summed E-state index contributed by atoms with van der Waals surface area (Å²) in [5, 5.41) is 3.18. The molecule has 1 N–H and O–H groups in total. The van der Waals surface area contributed by atoms with Crippen LogP contribution in [-0.4, -0.2) is 46.2 Å². The molecule has 0 aromatic rings. The number of sulfone groups is 1. The molecule has 0 saturated carbocycles. The third-order valence-corrected chi connectivity index (χ3v) is 4.10. The minimum Gasteiger partial charge on any atom is -0.383 e. The summed E-state index contributed by atoms with van der Waals surface area (Å²) in [6.45, 7) is 3.17. The molecular weight excluding hydrogens is 190 g/mol. The van der Waals surface area contributed by atoms with Gasteiger partial charge in [0.05, 0.1) is 18.1 Å². The average molecular weight is 207 g/mol. The molecule has 1 aliphatic heterocycles. The lowest BCUT2D eigenvalue weighted by Gasteiger charge is -2.13. The molecule has 0 radical (unpaired) electrons. The Morgan fingerprint density at radius 2 is 2.15 bits per heavy atom. The molecule has 0 bridgehead atoms. The Balaban J connectivity index is 2.63. The fourth-order valence-electron chi connectivity index (χ4n) is 1.60. The summed E-state index contributed by atoms with van der Waals surface area (Å²) in [5.74, 6) is 0.692. The van der Waals surface area contributed by atoms with Gasteiger partial charge in [0, 0.05) is 13.2 Å². The van der Waals surface area contributed by atoms with Crippen molar-refractivity contribution >= 4 is 9.84 Å². The summed E-state index contributed by atoms with van der Waals surface area (Å²) in [5.41, 5.74) is 0. The second-order valence-corrected chi connectivity index (χ2v) is 5.90. The van der Waals surface area contributed by atoms with Gasteiger partial charge in [-0.3, -0.25) is 0 Å². The Bertz CT molecular complexity index is 250. The molecule has 1 heterocycles. The molecule has 13 heavy (non-hydrogen) atoms. The number of rotatable bonds is 2. The van der Waals surface area contributed by atoms with Crippen molar-refractivity contribution in [2.45, 2.75) is 13.0 Å². The van der Waals surface area contributed by atoms with Gasteiger partial charge in [-0.2, -0.15) is 0 Å². The van der Waals surface area contributed by atoms with E-state index in [1.165, 1.54) is 0 Å². The predicted molar refractivity (Wildman–Crippen MR) is 51.5 cm³/mol. The summed E-state index contributed by atoms with van der Waals surface area (Å²) in [4.78, 5) is 0. The van der Waals surface area contributed by atoms with Crippen molar-refractivity contribution in [1.82, 2.24) is 5.32 Å². The molecule has 0 amide bonds. The number of hydrogen-bond acceptors (Lipinski definition) is 4. The van der Waals surface area contributed by atoms with Crippen molar-refractivity contribution in [3.8, 4) is 0 Å². The topological polar surface area (TPSA) is 55.4 Å². The Morgan fingerprint density at radius 3 is 2.77 bits per heavy atom. The monoisotopic (exact) mass is 207 g/mol. The highest BCUT2D eigenvalue weighted by Gasteiger charge is 2.25. The molecule has 4 nitrogen and oxygen atoms in total. The van der Waals surface area contributed by atoms with E-state index < -0.39 is 9.84 Å². The summed E-state index contributed by atoms with van der Waals surface area (Å²) < 4.78 is 27.9. The lowest BCUT2D eigenvalue weighted by molar-refractivity contribution is 0.173. The van der Waals surface area contributed by atoms with Crippen molar-refractivity contribution < 1.29 is 13.2 Å². The first kappa shape index (κ1) is 10.9. The van der Waals surface area contributed by atoms with Crippen LogP contribution in [0.1, 0.15) is 6.92 Å². The zero-order valence-electron chi connectivity index (χ0n) is 8.12. The average Bonchev–Trinajstić information content (AvgIpc) is 2.09. The number of nitrogens with one attached hydrogen (secondary N) is 1. The van der Waals surface area contributed by atoms with E-state index in [1.54, 1.807) is 7.11 Å². The van der Waals surface area contributed by atoms with Crippen molar-refractivity contribution in [3.63, 3.8) is 0 Å². The fraction of sp³-hybridized carbons (Fsp3) is 1.00. The van der Waals surface area contributed by atoms with Crippen LogP contribution >= 0.6 is 0 Å². The van der Waals surface area contributed by atoms with E-state index in [0.717, 1.165) is 6.54 Å². The second-order valence-electron chi connectivity index (χ2n) is 3.74.